The molecule has 1 amide bonds. The first-order chi connectivity index (χ1) is 17.2. The highest BCUT2D eigenvalue weighted by Gasteiger charge is 2.20. The standard InChI is InChI=1S/C30H33N3O2S/c1-30(2,3)25-15-13-23(14-16-25)28(35)24-6-4-7-26(18-24)32-29(36)31-19-21-9-11-22(12-10-21)20-33-17-5-8-27(33)34/h4,6-7,9-16,18H,5,8,17,19-20H2,1-3H3,(H2,31,32,36). The first-order valence-corrected chi connectivity index (χ1v) is 12.8. The Morgan fingerprint density at radius 2 is 1.64 bits per heavy atom. The Balaban J connectivity index is 1.31. The minimum atomic E-state index is -0.0197. The van der Waals surface area contributed by atoms with E-state index >= 15 is 0 Å². The van der Waals surface area contributed by atoms with Gasteiger partial charge in [0.15, 0.2) is 10.9 Å². The summed E-state index contributed by atoms with van der Waals surface area (Å²) >= 11 is 5.47. The normalized spacial score (nSPS) is 13.5. The predicted molar refractivity (Wildman–Crippen MR) is 149 cm³/mol. The zero-order valence-corrected chi connectivity index (χ0v) is 22.0. The summed E-state index contributed by atoms with van der Waals surface area (Å²) in [5.74, 6) is 0.218. The molecule has 0 radical (unpaired) electrons. The number of anilines is 1. The van der Waals surface area contributed by atoms with Crippen molar-refractivity contribution in [1.29, 1.82) is 0 Å². The molecule has 0 unspecified atom stereocenters. The van der Waals surface area contributed by atoms with E-state index in [4.69, 9.17) is 12.2 Å². The molecule has 2 N–H and O–H groups in total. The summed E-state index contributed by atoms with van der Waals surface area (Å²) in [4.78, 5) is 26.7. The lowest BCUT2D eigenvalue weighted by molar-refractivity contribution is -0.128. The van der Waals surface area contributed by atoms with Gasteiger partial charge in [0.25, 0.3) is 0 Å². The largest absolute Gasteiger partial charge is 0.358 e. The number of thiocarbonyl (C=S) groups is 1. The maximum absolute atomic E-state index is 13.0. The van der Waals surface area contributed by atoms with Crippen molar-refractivity contribution in [3.05, 3.63) is 101 Å². The van der Waals surface area contributed by atoms with Crippen LogP contribution in [0.1, 0.15) is 66.2 Å². The van der Waals surface area contributed by atoms with Crippen LogP contribution in [0.25, 0.3) is 0 Å². The number of benzene rings is 3. The summed E-state index contributed by atoms with van der Waals surface area (Å²) in [7, 11) is 0. The zero-order chi connectivity index (χ0) is 25.7. The van der Waals surface area contributed by atoms with Gasteiger partial charge in [-0.15, -0.1) is 0 Å². The Morgan fingerprint density at radius 3 is 2.28 bits per heavy atom. The van der Waals surface area contributed by atoms with Crippen LogP contribution >= 0.6 is 12.2 Å². The van der Waals surface area contributed by atoms with E-state index in [9.17, 15) is 9.59 Å². The highest BCUT2D eigenvalue weighted by Crippen LogP contribution is 2.23. The van der Waals surface area contributed by atoms with Crippen LogP contribution in [-0.2, 0) is 23.3 Å². The first kappa shape index (κ1) is 25.6. The summed E-state index contributed by atoms with van der Waals surface area (Å²) in [5, 5.41) is 6.88. The molecule has 0 spiro atoms. The lowest BCUT2D eigenvalue weighted by Crippen LogP contribution is -2.28. The molecule has 1 aliphatic heterocycles. The lowest BCUT2D eigenvalue weighted by atomic mass is 9.86. The smallest absolute Gasteiger partial charge is 0.222 e. The Hall–Kier alpha value is -3.51. The van der Waals surface area contributed by atoms with E-state index in [2.05, 4.69) is 55.7 Å². The molecular formula is C30H33N3O2S. The molecule has 3 aromatic carbocycles. The minimum Gasteiger partial charge on any atom is -0.358 e. The molecule has 1 heterocycles. The summed E-state index contributed by atoms with van der Waals surface area (Å²) in [6.07, 6.45) is 1.61. The maximum Gasteiger partial charge on any atom is 0.222 e. The van der Waals surface area contributed by atoms with Crippen molar-refractivity contribution in [2.75, 3.05) is 11.9 Å². The molecule has 3 aromatic rings. The number of rotatable bonds is 7. The van der Waals surface area contributed by atoms with Crippen molar-refractivity contribution >= 4 is 34.7 Å². The van der Waals surface area contributed by atoms with Crippen molar-refractivity contribution < 1.29 is 9.59 Å². The number of carbonyl (C=O) groups is 2. The van der Waals surface area contributed by atoms with E-state index in [1.165, 1.54) is 5.56 Å². The van der Waals surface area contributed by atoms with Gasteiger partial charge in [-0.2, -0.15) is 0 Å². The number of hydrogen-bond acceptors (Lipinski definition) is 3. The van der Waals surface area contributed by atoms with E-state index in [-0.39, 0.29) is 17.1 Å². The van der Waals surface area contributed by atoms with Crippen molar-refractivity contribution in [3.8, 4) is 0 Å². The van der Waals surface area contributed by atoms with Crippen LogP contribution in [0.3, 0.4) is 0 Å². The quantitative estimate of drug-likeness (QED) is 0.317. The number of likely N-dealkylation sites (tertiary alicyclic amines) is 1. The third-order valence-electron chi connectivity index (χ3n) is 6.42. The van der Waals surface area contributed by atoms with Crippen molar-refractivity contribution in [2.45, 2.75) is 52.1 Å². The molecule has 0 aromatic heterocycles. The molecule has 0 saturated carbocycles. The van der Waals surface area contributed by atoms with Crippen LogP contribution in [-0.4, -0.2) is 28.2 Å². The number of ketones is 1. The van der Waals surface area contributed by atoms with Crippen LogP contribution in [0.15, 0.2) is 72.8 Å². The average molecular weight is 500 g/mol. The molecular weight excluding hydrogens is 466 g/mol. The van der Waals surface area contributed by atoms with Crippen molar-refractivity contribution in [1.82, 2.24) is 10.2 Å². The second-order valence-corrected chi connectivity index (χ2v) is 10.7. The van der Waals surface area contributed by atoms with Crippen molar-refractivity contribution in [2.24, 2.45) is 0 Å². The van der Waals surface area contributed by atoms with Gasteiger partial charge in [-0.1, -0.05) is 81.4 Å². The van der Waals surface area contributed by atoms with E-state index in [1.807, 2.05) is 53.4 Å². The molecule has 0 atom stereocenters. The fraction of sp³-hybridized carbons (Fsp3) is 0.300. The molecule has 6 heteroatoms. The Labute approximate surface area is 218 Å². The van der Waals surface area contributed by atoms with Gasteiger partial charge in [0, 0.05) is 42.9 Å². The minimum absolute atomic E-state index is 0.0197. The summed E-state index contributed by atoms with van der Waals surface area (Å²) in [5.41, 5.74) is 5.50. The molecule has 0 aliphatic carbocycles. The number of nitrogens with zero attached hydrogens (tertiary/aromatic N) is 1. The van der Waals surface area contributed by atoms with Crippen LogP contribution < -0.4 is 10.6 Å². The van der Waals surface area contributed by atoms with Gasteiger partial charge in [-0.25, -0.2) is 0 Å². The summed E-state index contributed by atoms with van der Waals surface area (Å²) in [6.45, 7) is 8.56. The average Bonchev–Trinajstić information content (AvgIpc) is 3.27. The molecule has 36 heavy (non-hydrogen) atoms. The molecule has 1 saturated heterocycles. The fourth-order valence-electron chi connectivity index (χ4n) is 4.24. The third-order valence-corrected chi connectivity index (χ3v) is 6.66. The third kappa shape index (κ3) is 6.58. The second kappa shape index (κ2) is 11.0. The predicted octanol–water partition coefficient (Wildman–Crippen LogP) is 5.82. The Bertz CT molecular complexity index is 1240. The number of nitrogens with one attached hydrogen (secondary N) is 2. The fourth-order valence-corrected chi connectivity index (χ4v) is 4.43. The van der Waals surface area contributed by atoms with E-state index < -0.39 is 0 Å². The van der Waals surface area contributed by atoms with Gasteiger partial charge in [0.1, 0.15) is 0 Å². The number of hydrogen-bond donors (Lipinski definition) is 2. The van der Waals surface area contributed by atoms with Gasteiger partial charge >= 0.3 is 0 Å². The zero-order valence-electron chi connectivity index (χ0n) is 21.1. The summed E-state index contributed by atoms with van der Waals surface area (Å²) in [6, 6.07) is 23.4. The SMILES string of the molecule is CC(C)(C)c1ccc(C(=O)c2cccc(NC(=S)NCc3ccc(CN4CCCC4=O)cc3)c2)cc1. The van der Waals surface area contributed by atoms with Crippen LogP contribution in [0.2, 0.25) is 0 Å². The molecule has 5 nitrogen and oxygen atoms in total. The maximum atomic E-state index is 13.0. The van der Waals surface area contributed by atoms with Gasteiger partial charge in [0.05, 0.1) is 0 Å². The molecule has 1 aliphatic rings. The first-order valence-electron chi connectivity index (χ1n) is 12.3. The number of carbonyl (C=O) groups excluding carboxylic acids is 2. The summed E-state index contributed by atoms with van der Waals surface area (Å²) < 4.78 is 0. The highest BCUT2D eigenvalue weighted by molar-refractivity contribution is 7.80. The number of amides is 1. The van der Waals surface area contributed by atoms with Crippen molar-refractivity contribution in [3.63, 3.8) is 0 Å². The molecule has 1 fully saturated rings. The van der Waals surface area contributed by atoms with Gasteiger partial charge in [-0.3, -0.25) is 9.59 Å². The molecule has 4 rings (SSSR count). The molecule has 0 bridgehead atoms. The van der Waals surface area contributed by atoms with Crippen LogP contribution in [0.5, 0.6) is 0 Å². The van der Waals surface area contributed by atoms with E-state index in [0.717, 1.165) is 29.8 Å². The van der Waals surface area contributed by atoms with E-state index in [1.54, 1.807) is 0 Å². The van der Waals surface area contributed by atoms with Crippen LogP contribution in [0, 0.1) is 0 Å². The van der Waals surface area contributed by atoms with Gasteiger partial charge in [-0.05, 0) is 52.9 Å². The highest BCUT2D eigenvalue weighted by atomic mass is 32.1. The topological polar surface area (TPSA) is 61.4 Å². The second-order valence-electron chi connectivity index (χ2n) is 10.3. The Morgan fingerprint density at radius 1 is 0.944 bits per heavy atom. The molecule has 186 valence electrons. The van der Waals surface area contributed by atoms with Gasteiger partial charge in [0.2, 0.25) is 5.91 Å². The lowest BCUT2D eigenvalue weighted by Gasteiger charge is -2.19. The van der Waals surface area contributed by atoms with Gasteiger partial charge < -0.3 is 15.5 Å². The monoisotopic (exact) mass is 499 g/mol. The van der Waals surface area contributed by atoms with E-state index in [0.29, 0.717) is 35.7 Å². The Kier molecular flexibility index (Phi) is 7.85. The van der Waals surface area contributed by atoms with Crippen LogP contribution in [0.4, 0.5) is 5.69 Å².